The molecule has 3 rings (SSSR count). The van der Waals surface area contributed by atoms with Crippen LogP contribution in [0, 0.1) is 24.3 Å². The number of benzene rings is 1. The summed E-state index contributed by atoms with van der Waals surface area (Å²) in [5.41, 5.74) is 6.05. The van der Waals surface area contributed by atoms with E-state index in [1.54, 1.807) is 23.2 Å². The largest absolute Gasteiger partial charge is 0.369 e. The van der Waals surface area contributed by atoms with Gasteiger partial charge in [-0.1, -0.05) is 18.2 Å². The molecule has 1 aromatic rings. The molecule has 2 aliphatic rings. The number of likely N-dealkylation sites (tertiary alicyclic amines) is 2. The molecule has 0 atom stereocenters. The van der Waals surface area contributed by atoms with Crippen molar-refractivity contribution in [3.05, 3.63) is 30.3 Å². The Kier molecular flexibility index (Phi) is 10.3. The van der Waals surface area contributed by atoms with Crippen LogP contribution in [-0.4, -0.2) is 53.8 Å². The highest BCUT2D eigenvalue weighted by Gasteiger charge is 2.25. The zero-order valence-electron chi connectivity index (χ0n) is 15.9. The molecule has 0 unspecified atom stereocenters. The van der Waals surface area contributed by atoms with Crippen LogP contribution in [0.2, 0.25) is 0 Å². The second kappa shape index (κ2) is 12.8. The summed E-state index contributed by atoms with van der Waals surface area (Å²) in [4.78, 5) is 30.4. The second-order valence-electron chi connectivity index (χ2n) is 6.08. The third-order valence-electron chi connectivity index (χ3n) is 4.15. The third-order valence-corrected chi connectivity index (χ3v) is 4.15. The van der Waals surface area contributed by atoms with Crippen molar-refractivity contribution in [2.45, 2.75) is 25.7 Å². The predicted molar refractivity (Wildman–Crippen MR) is 108 cm³/mol. The van der Waals surface area contributed by atoms with E-state index < -0.39 is 0 Å². The maximum absolute atomic E-state index is 11.7. The van der Waals surface area contributed by atoms with E-state index in [-0.39, 0.29) is 17.8 Å². The number of amides is 2. The van der Waals surface area contributed by atoms with E-state index in [0.717, 1.165) is 44.6 Å². The molecular formula is C20H26N6O2. The first-order valence-corrected chi connectivity index (χ1v) is 9.03. The van der Waals surface area contributed by atoms with Crippen LogP contribution in [0.25, 0.3) is 0 Å². The van der Waals surface area contributed by atoms with Crippen molar-refractivity contribution >= 4 is 23.5 Å². The molecule has 0 radical (unpaired) electrons. The Morgan fingerprint density at radius 1 is 1.18 bits per heavy atom. The first-order valence-electron chi connectivity index (χ1n) is 9.03. The topological polar surface area (TPSA) is 115 Å². The third kappa shape index (κ3) is 7.79. The predicted octanol–water partition coefficient (Wildman–Crippen LogP) is 1.18. The number of rotatable bonds is 3. The zero-order chi connectivity index (χ0) is 20.8. The highest BCUT2D eigenvalue weighted by molar-refractivity contribution is 5.86. The minimum Gasteiger partial charge on any atom is -0.369 e. The van der Waals surface area contributed by atoms with Gasteiger partial charge >= 0.3 is 0 Å². The number of para-hydroxylation sites is 1. The van der Waals surface area contributed by atoms with Crippen molar-refractivity contribution < 1.29 is 9.59 Å². The van der Waals surface area contributed by atoms with Crippen LogP contribution in [0.15, 0.2) is 35.3 Å². The molecule has 2 heterocycles. The fourth-order valence-electron chi connectivity index (χ4n) is 2.83. The van der Waals surface area contributed by atoms with Crippen LogP contribution in [0.5, 0.6) is 0 Å². The van der Waals surface area contributed by atoms with E-state index in [0.29, 0.717) is 13.0 Å². The number of nitrogens with one attached hydrogen (secondary N) is 1. The molecule has 0 spiro atoms. The molecule has 2 amide bonds. The number of carbonyl (C=O) groups excluding carboxylic acids is 2. The monoisotopic (exact) mass is 382 g/mol. The van der Waals surface area contributed by atoms with Gasteiger partial charge in [0.25, 0.3) is 0 Å². The van der Waals surface area contributed by atoms with Gasteiger partial charge in [0.05, 0.1) is 12.2 Å². The van der Waals surface area contributed by atoms with E-state index in [2.05, 4.69) is 23.2 Å². The Balaban J connectivity index is 0.000000260. The SMILES string of the molecule is C#C.N#CNC(N)=Nc1ccccc1.O=C(CN1CCCC1=O)N1CCCC1. The van der Waals surface area contributed by atoms with Gasteiger partial charge in [0, 0.05) is 26.1 Å². The lowest BCUT2D eigenvalue weighted by Crippen LogP contribution is -2.39. The van der Waals surface area contributed by atoms with Crippen LogP contribution in [0.3, 0.4) is 0 Å². The van der Waals surface area contributed by atoms with E-state index in [4.69, 9.17) is 11.0 Å². The Labute approximate surface area is 166 Å². The highest BCUT2D eigenvalue weighted by Crippen LogP contribution is 2.12. The van der Waals surface area contributed by atoms with E-state index in [9.17, 15) is 9.59 Å². The van der Waals surface area contributed by atoms with Crippen LogP contribution in [-0.2, 0) is 9.59 Å². The number of hydrogen-bond donors (Lipinski definition) is 2. The quantitative estimate of drug-likeness (QED) is 0.268. The van der Waals surface area contributed by atoms with Crippen molar-refractivity contribution in [1.82, 2.24) is 15.1 Å². The Hall–Kier alpha value is -3.52. The van der Waals surface area contributed by atoms with Gasteiger partial charge in [-0.15, -0.1) is 12.8 Å². The summed E-state index contributed by atoms with van der Waals surface area (Å²) in [5, 5.41) is 10.4. The molecule has 28 heavy (non-hydrogen) atoms. The van der Waals surface area contributed by atoms with Gasteiger partial charge < -0.3 is 15.5 Å². The van der Waals surface area contributed by atoms with Crippen molar-refractivity contribution in [2.75, 3.05) is 26.2 Å². The molecule has 2 aliphatic heterocycles. The molecule has 2 saturated heterocycles. The molecule has 3 N–H and O–H groups in total. The lowest BCUT2D eigenvalue weighted by Gasteiger charge is -2.20. The normalized spacial score (nSPS) is 15.6. The molecule has 8 heteroatoms. The fraction of sp³-hybridized carbons (Fsp3) is 0.400. The van der Waals surface area contributed by atoms with Gasteiger partial charge in [-0.3, -0.25) is 14.9 Å². The van der Waals surface area contributed by atoms with Crippen molar-refractivity contribution in [3.63, 3.8) is 0 Å². The Morgan fingerprint density at radius 2 is 1.82 bits per heavy atom. The number of guanidine groups is 1. The number of aliphatic imine (C=N–C) groups is 1. The maximum atomic E-state index is 11.7. The first-order chi connectivity index (χ1) is 13.6. The van der Waals surface area contributed by atoms with E-state index in [1.807, 2.05) is 23.1 Å². The van der Waals surface area contributed by atoms with Gasteiger partial charge in [-0.2, -0.15) is 5.26 Å². The van der Waals surface area contributed by atoms with Crippen LogP contribution in [0.4, 0.5) is 5.69 Å². The van der Waals surface area contributed by atoms with Gasteiger partial charge in [0.1, 0.15) is 0 Å². The van der Waals surface area contributed by atoms with Gasteiger partial charge in [-0.05, 0) is 31.4 Å². The average molecular weight is 382 g/mol. The molecule has 148 valence electrons. The minimum absolute atomic E-state index is 0.101. The number of nitriles is 1. The molecule has 1 aromatic carbocycles. The fourth-order valence-corrected chi connectivity index (χ4v) is 2.83. The van der Waals surface area contributed by atoms with E-state index in [1.165, 1.54) is 0 Å². The lowest BCUT2D eigenvalue weighted by molar-refractivity contribution is -0.137. The van der Waals surface area contributed by atoms with Crippen LogP contribution < -0.4 is 11.1 Å². The smallest absolute Gasteiger partial charge is 0.242 e. The van der Waals surface area contributed by atoms with Crippen molar-refractivity contribution in [2.24, 2.45) is 10.7 Å². The molecule has 0 saturated carbocycles. The highest BCUT2D eigenvalue weighted by atomic mass is 16.2. The summed E-state index contributed by atoms with van der Waals surface area (Å²) >= 11 is 0. The summed E-state index contributed by atoms with van der Waals surface area (Å²) in [6, 6.07) is 9.17. The summed E-state index contributed by atoms with van der Waals surface area (Å²) in [5.74, 6) is 0.360. The second-order valence-corrected chi connectivity index (χ2v) is 6.08. The first kappa shape index (κ1) is 22.5. The molecule has 0 aromatic heterocycles. The standard InChI is InChI=1S/C10H16N2O2.C8H8N4.C2H2/c13-9-4-3-7-12(9)8-10(14)11-5-1-2-6-11;9-6-11-8(10)12-7-4-2-1-3-5-7;1-2/h1-8H2;1-5H,(H3,10,11,12);1-2H. The number of carbonyl (C=O) groups is 2. The van der Waals surface area contributed by atoms with Crippen molar-refractivity contribution in [1.29, 1.82) is 5.26 Å². The summed E-state index contributed by atoms with van der Waals surface area (Å²) < 4.78 is 0. The summed E-state index contributed by atoms with van der Waals surface area (Å²) in [6.45, 7) is 2.82. The van der Waals surface area contributed by atoms with Gasteiger partial charge in [-0.25, -0.2) is 4.99 Å². The lowest BCUT2D eigenvalue weighted by atomic mass is 10.3. The zero-order valence-corrected chi connectivity index (χ0v) is 15.9. The Morgan fingerprint density at radius 3 is 2.36 bits per heavy atom. The molecule has 0 bridgehead atoms. The van der Waals surface area contributed by atoms with Crippen molar-refractivity contribution in [3.8, 4) is 19.0 Å². The minimum atomic E-state index is 0.101. The molecule has 0 aliphatic carbocycles. The number of nitrogens with two attached hydrogens (primary N) is 1. The molecule has 2 fully saturated rings. The summed E-state index contributed by atoms with van der Waals surface area (Å²) in [7, 11) is 0. The molecule has 8 nitrogen and oxygen atoms in total. The van der Waals surface area contributed by atoms with E-state index >= 15 is 0 Å². The number of nitrogens with zero attached hydrogens (tertiary/aromatic N) is 4. The average Bonchev–Trinajstić information content (AvgIpc) is 3.37. The van der Waals surface area contributed by atoms with Gasteiger partial charge in [0.15, 0.2) is 6.19 Å². The number of hydrogen-bond acceptors (Lipinski definition) is 4. The van der Waals surface area contributed by atoms with Gasteiger partial charge in [0.2, 0.25) is 17.8 Å². The molecular weight excluding hydrogens is 356 g/mol. The van der Waals surface area contributed by atoms with Crippen LogP contribution >= 0.6 is 0 Å². The number of terminal acetylenes is 1. The summed E-state index contributed by atoms with van der Waals surface area (Å²) in [6.07, 6.45) is 13.4. The Bertz CT molecular complexity index is 717. The maximum Gasteiger partial charge on any atom is 0.242 e. The van der Waals surface area contributed by atoms with Crippen LogP contribution in [0.1, 0.15) is 25.7 Å².